The summed E-state index contributed by atoms with van der Waals surface area (Å²) in [5, 5.41) is 0. The first-order chi connectivity index (χ1) is 13.2. The van der Waals surface area contributed by atoms with Crippen molar-refractivity contribution >= 4 is 16.6 Å². The Morgan fingerprint density at radius 2 is 1.07 bits per heavy atom. The Morgan fingerprint density at radius 1 is 0.724 bits per heavy atom. The van der Waals surface area contributed by atoms with Crippen LogP contribution in [0, 0.1) is 5.41 Å². The van der Waals surface area contributed by atoms with E-state index in [1.807, 2.05) is 0 Å². The molecule has 2 atom stereocenters. The van der Waals surface area contributed by atoms with Gasteiger partial charge in [0.25, 0.3) is 0 Å². The molecule has 2 rings (SSSR count). The second kappa shape index (κ2) is 9.21. The van der Waals surface area contributed by atoms with Gasteiger partial charge in [-0.3, -0.25) is 0 Å². The molecule has 0 aromatic carbocycles. The van der Waals surface area contributed by atoms with Gasteiger partial charge >= 0.3 is 0 Å². The topological polar surface area (TPSA) is 18.5 Å². The molecule has 0 saturated carbocycles. The van der Waals surface area contributed by atoms with Crippen LogP contribution >= 0.6 is 0 Å². The molecular formula is C25H44O2Si2. The van der Waals surface area contributed by atoms with Gasteiger partial charge in [0.15, 0.2) is 16.6 Å². The number of rotatable bonds is 10. The molecule has 0 aliphatic heterocycles. The Morgan fingerprint density at radius 3 is 1.38 bits per heavy atom. The molecule has 0 aromatic heterocycles. The molecule has 29 heavy (non-hydrogen) atoms. The van der Waals surface area contributed by atoms with E-state index in [2.05, 4.69) is 91.3 Å². The second-order valence-electron chi connectivity index (χ2n) is 11.3. The third-order valence-electron chi connectivity index (χ3n) is 5.54. The van der Waals surface area contributed by atoms with E-state index < -0.39 is 16.6 Å². The van der Waals surface area contributed by atoms with Crippen LogP contribution in [0.5, 0.6) is 0 Å². The molecule has 0 spiro atoms. The molecular weight excluding hydrogens is 388 g/mol. The Labute approximate surface area is 182 Å². The van der Waals surface area contributed by atoms with Crippen molar-refractivity contribution in [2.75, 3.05) is 0 Å². The standard InChI is InChI=1S/C25H44O2Si2/c1-19(26-28(5,6)7)17-21-13-11-15-23(21)25(3,4)24-16-12-14-22(24)18-20(2)27-29(8,9)10/h13-16,19-20H,11-12,17-18H2,1-10H3. The zero-order chi connectivity index (χ0) is 22.0. The van der Waals surface area contributed by atoms with Gasteiger partial charge in [-0.05, 0) is 101 Å². The smallest absolute Gasteiger partial charge is 0.184 e. The molecule has 164 valence electrons. The zero-order valence-corrected chi connectivity index (χ0v) is 22.6. The quantitative estimate of drug-likeness (QED) is 0.328. The lowest BCUT2D eigenvalue weighted by Crippen LogP contribution is -2.31. The normalized spacial score (nSPS) is 20.2. The number of hydrogen-bond acceptors (Lipinski definition) is 2. The summed E-state index contributed by atoms with van der Waals surface area (Å²) in [6, 6.07) is 0. The fourth-order valence-corrected chi connectivity index (χ4v) is 7.46. The van der Waals surface area contributed by atoms with E-state index in [-0.39, 0.29) is 17.6 Å². The predicted octanol–water partition coefficient (Wildman–Crippen LogP) is 7.79. The second-order valence-corrected chi connectivity index (χ2v) is 20.2. The van der Waals surface area contributed by atoms with Crippen LogP contribution in [0.1, 0.15) is 53.4 Å². The number of hydrogen-bond donors (Lipinski definition) is 0. The highest BCUT2D eigenvalue weighted by Gasteiger charge is 2.35. The minimum atomic E-state index is -1.51. The maximum absolute atomic E-state index is 6.34. The van der Waals surface area contributed by atoms with E-state index in [4.69, 9.17) is 8.85 Å². The molecule has 0 fully saturated rings. The van der Waals surface area contributed by atoms with Gasteiger partial charge in [-0.2, -0.15) is 0 Å². The van der Waals surface area contributed by atoms with Crippen LogP contribution < -0.4 is 0 Å². The van der Waals surface area contributed by atoms with Crippen molar-refractivity contribution in [2.24, 2.45) is 5.41 Å². The average Bonchev–Trinajstić information content (AvgIpc) is 3.12. The first-order valence-electron chi connectivity index (χ1n) is 11.3. The Balaban J connectivity index is 2.11. The van der Waals surface area contributed by atoms with Gasteiger partial charge in [-0.25, -0.2) is 0 Å². The molecule has 4 heteroatoms. The fraction of sp³-hybridized carbons (Fsp3) is 0.680. The molecule has 2 nitrogen and oxygen atoms in total. The Bertz CT molecular complexity index is 652. The van der Waals surface area contributed by atoms with Gasteiger partial charge in [-0.1, -0.05) is 38.2 Å². The van der Waals surface area contributed by atoms with Crippen molar-refractivity contribution in [1.29, 1.82) is 0 Å². The maximum atomic E-state index is 6.34. The monoisotopic (exact) mass is 432 g/mol. The largest absolute Gasteiger partial charge is 0.415 e. The van der Waals surface area contributed by atoms with Crippen molar-refractivity contribution in [3.63, 3.8) is 0 Å². The SMILES string of the molecule is CC(CC1=CCC=C1C(C)(C)C1=CCC=C1CC(C)O[Si](C)(C)C)O[Si](C)(C)C. The molecule has 0 N–H and O–H groups in total. The van der Waals surface area contributed by atoms with E-state index >= 15 is 0 Å². The first kappa shape index (κ1) is 24.6. The van der Waals surface area contributed by atoms with E-state index in [0.29, 0.717) is 0 Å². The van der Waals surface area contributed by atoms with E-state index in [1.165, 1.54) is 22.3 Å². The Kier molecular flexibility index (Phi) is 7.81. The summed E-state index contributed by atoms with van der Waals surface area (Å²) >= 11 is 0. The van der Waals surface area contributed by atoms with Crippen LogP contribution in [0.25, 0.3) is 0 Å². The lowest BCUT2D eigenvalue weighted by molar-refractivity contribution is 0.213. The summed E-state index contributed by atoms with van der Waals surface area (Å²) in [4.78, 5) is 0. The third kappa shape index (κ3) is 7.20. The van der Waals surface area contributed by atoms with Crippen LogP contribution in [0.3, 0.4) is 0 Å². The molecule has 0 amide bonds. The zero-order valence-electron chi connectivity index (χ0n) is 20.6. The molecule has 0 bridgehead atoms. The lowest BCUT2D eigenvalue weighted by Gasteiger charge is -2.34. The molecule has 0 heterocycles. The highest BCUT2D eigenvalue weighted by Crippen LogP contribution is 2.48. The van der Waals surface area contributed by atoms with Gasteiger partial charge in [0.1, 0.15) is 0 Å². The molecule has 2 unspecified atom stereocenters. The molecule has 0 saturated heterocycles. The highest BCUT2D eigenvalue weighted by molar-refractivity contribution is 6.70. The van der Waals surface area contributed by atoms with Crippen LogP contribution in [0.4, 0.5) is 0 Å². The van der Waals surface area contributed by atoms with E-state index in [1.54, 1.807) is 0 Å². The summed E-state index contributed by atoms with van der Waals surface area (Å²) in [5.41, 5.74) is 6.00. The fourth-order valence-electron chi connectivity index (χ4n) is 4.87. The molecule has 0 radical (unpaired) electrons. The van der Waals surface area contributed by atoms with Gasteiger partial charge in [-0.15, -0.1) is 0 Å². The van der Waals surface area contributed by atoms with Crippen LogP contribution in [-0.2, 0) is 8.85 Å². The van der Waals surface area contributed by atoms with E-state index in [9.17, 15) is 0 Å². The van der Waals surface area contributed by atoms with Crippen LogP contribution in [-0.4, -0.2) is 28.8 Å². The number of allylic oxidation sites excluding steroid dienone is 6. The minimum absolute atomic E-state index is 0.0302. The van der Waals surface area contributed by atoms with Crippen molar-refractivity contribution in [3.8, 4) is 0 Å². The van der Waals surface area contributed by atoms with E-state index in [0.717, 1.165) is 25.7 Å². The van der Waals surface area contributed by atoms with Crippen LogP contribution in [0.15, 0.2) is 46.6 Å². The van der Waals surface area contributed by atoms with Gasteiger partial charge in [0, 0.05) is 17.6 Å². The molecule has 2 aliphatic rings. The van der Waals surface area contributed by atoms with Crippen molar-refractivity contribution in [3.05, 3.63) is 46.6 Å². The Hall–Kier alpha value is -0.686. The molecule has 2 aliphatic carbocycles. The van der Waals surface area contributed by atoms with Crippen molar-refractivity contribution < 1.29 is 8.85 Å². The first-order valence-corrected chi connectivity index (χ1v) is 18.2. The van der Waals surface area contributed by atoms with Gasteiger partial charge in [0.2, 0.25) is 0 Å². The summed E-state index contributed by atoms with van der Waals surface area (Å²) in [7, 11) is -3.03. The third-order valence-corrected chi connectivity index (χ3v) is 7.75. The van der Waals surface area contributed by atoms with Crippen LogP contribution in [0.2, 0.25) is 39.3 Å². The van der Waals surface area contributed by atoms with Crippen molar-refractivity contribution in [1.82, 2.24) is 0 Å². The van der Waals surface area contributed by atoms with Gasteiger partial charge in [0.05, 0.1) is 0 Å². The van der Waals surface area contributed by atoms with Crippen molar-refractivity contribution in [2.45, 2.75) is 105 Å². The highest BCUT2D eigenvalue weighted by atomic mass is 28.4. The minimum Gasteiger partial charge on any atom is -0.415 e. The summed E-state index contributed by atoms with van der Waals surface area (Å²) in [5.74, 6) is 0. The lowest BCUT2D eigenvalue weighted by atomic mass is 9.72. The molecule has 0 aromatic rings. The summed E-state index contributed by atoms with van der Waals surface area (Å²) < 4.78 is 12.7. The average molecular weight is 433 g/mol. The predicted molar refractivity (Wildman–Crippen MR) is 132 cm³/mol. The maximum Gasteiger partial charge on any atom is 0.184 e. The summed E-state index contributed by atoms with van der Waals surface area (Å²) in [6.07, 6.45) is 14.4. The van der Waals surface area contributed by atoms with Gasteiger partial charge < -0.3 is 8.85 Å². The summed E-state index contributed by atoms with van der Waals surface area (Å²) in [6.45, 7) is 22.9.